The van der Waals surface area contributed by atoms with Crippen LogP contribution in [0, 0.1) is 0 Å². The summed E-state index contributed by atoms with van der Waals surface area (Å²) in [5.74, 6) is -0.601. The molecule has 0 heterocycles. The van der Waals surface area contributed by atoms with Crippen molar-refractivity contribution < 1.29 is 25.2 Å². The SMILES string of the molecule is CCCCCCCCCCC/C=C\CCCCCCCCC(O)C(=O)NC(CO)C(O)C(O)CCC/C=C/CC/C=C/CCCCCCCCCCCCCCCC. The first-order chi connectivity index (χ1) is 28.5. The van der Waals surface area contributed by atoms with E-state index in [-0.39, 0.29) is 0 Å². The lowest BCUT2D eigenvalue weighted by Gasteiger charge is -2.27. The van der Waals surface area contributed by atoms with Crippen molar-refractivity contribution in [2.75, 3.05) is 6.61 Å². The van der Waals surface area contributed by atoms with Crippen LogP contribution >= 0.6 is 0 Å². The van der Waals surface area contributed by atoms with Crippen LogP contribution in [0.1, 0.15) is 258 Å². The summed E-state index contributed by atoms with van der Waals surface area (Å²) in [5.41, 5.74) is 0. The molecule has 5 N–H and O–H groups in total. The summed E-state index contributed by atoms with van der Waals surface area (Å²) in [6.45, 7) is 4.05. The molecule has 0 aliphatic carbocycles. The van der Waals surface area contributed by atoms with E-state index in [9.17, 15) is 25.2 Å². The van der Waals surface area contributed by atoms with E-state index in [0.29, 0.717) is 19.3 Å². The largest absolute Gasteiger partial charge is 0.394 e. The zero-order valence-electron chi connectivity index (χ0n) is 38.5. The Hall–Kier alpha value is -1.47. The quantitative estimate of drug-likeness (QED) is 0.0310. The van der Waals surface area contributed by atoms with Gasteiger partial charge in [0.05, 0.1) is 18.8 Å². The van der Waals surface area contributed by atoms with Crippen LogP contribution in [0.4, 0.5) is 0 Å². The highest BCUT2D eigenvalue weighted by Crippen LogP contribution is 2.16. The summed E-state index contributed by atoms with van der Waals surface area (Å²) in [6.07, 6.45) is 56.2. The average molecular weight is 818 g/mol. The van der Waals surface area contributed by atoms with Crippen molar-refractivity contribution in [2.45, 2.75) is 282 Å². The van der Waals surface area contributed by atoms with Crippen LogP contribution in [0.2, 0.25) is 0 Å². The van der Waals surface area contributed by atoms with E-state index in [1.807, 2.05) is 0 Å². The van der Waals surface area contributed by atoms with Crippen LogP contribution < -0.4 is 5.32 Å². The molecule has 0 saturated carbocycles. The Balaban J connectivity index is 3.75. The second-order valence-electron chi connectivity index (χ2n) is 17.5. The van der Waals surface area contributed by atoms with Gasteiger partial charge in [-0.2, -0.15) is 0 Å². The minimum absolute atomic E-state index is 0.353. The summed E-state index contributed by atoms with van der Waals surface area (Å²) < 4.78 is 0. The number of allylic oxidation sites excluding steroid dienone is 6. The monoisotopic (exact) mass is 818 g/mol. The molecule has 0 aromatic carbocycles. The van der Waals surface area contributed by atoms with Crippen molar-refractivity contribution in [1.82, 2.24) is 5.32 Å². The third-order valence-corrected chi connectivity index (χ3v) is 11.8. The number of amides is 1. The van der Waals surface area contributed by atoms with Gasteiger partial charge in [0.1, 0.15) is 12.2 Å². The van der Waals surface area contributed by atoms with Gasteiger partial charge in [-0.05, 0) is 77.0 Å². The summed E-state index contributed by atoms with van der Waals surface area (Å²) in [7, 11) is 0. The average Bonchev–Trinajstić information content (AvgIpc) is 3.23. The smallest absolute Gasteiger partial charge is 0.249 e. The zero-order valence-corrected chi connectivity index (χ0v) is 38.5. The molecule has 342 valence electrons. The Morgan fingerprint density at radius 3 is 1.09 bits per heavy atom. The molecule has 0 rings (SSSR count). The highest BCUT2D eigenvalue weighted by molar-refractivity contribution is 5.80. The molecule has 4 atom stereocenters. The molecule has 0 fully saturated rings. The third kappa shape index (κ3) is 40.0. The summed E-state index contributed by atoms with van der Waals surface area (Å²) >= 11 is 0. The first-order valence-corrected chi connectivity index (χ1v) is 25.4. The van der Waals surface area contributed by atoms with Gasteiger partial charge in [0.25, 0.3) is 0 Å². The fourth-order valence-corrected chi connectivity index (χ4v) is 7.77. The number of rotatable bonds is 46. The molecule has 0 bridgehead atoms. The van der Waals surface area contributed by atoms with Crippen LogP contribution in [-0.2, 0) is 4.79 Å². The lowest BCUT2D eigenvalue weighted by molar-refractivity contribution is -0.132. The number of carbonyl (C=O) groups is 1. The molecule has 0 radical (unpaired) electrons. The van der Waals surface area contributed by atoms with Crippen LogP contribution in [0.5, 0.6) is 0 Å². The Morgan fingerprint density at radius 1 is 0.414 bits per heavy atom. The predicted molar refractivity (Wildman–Crippen MR) is 251 cm³/mol. The van der Waals surface area contributed by atoms with E-state index >= 15 is 0 Å². The molecular weight excluding hydrogens is 719 g/mol. The van der Waals surface area contributed by atoms with Crippen LogP contribution in [0.15, 0.2) is 36.5 Å². The van der Waals surface area contributed by atoms with Crippen LogP contribution in [-0.4, -0.2) is 57.3 Å². The number of aliphatic hydroxyl groups excluding tert-OH is 4. The molecule has 6 heteroatoms. The molecule has 58 heavy (non-hydrogen) atoms. The van der Waals surface area contributed by atoms with Gasteiger partial charge in [0.15, 0.2) is 0 Å². The van der Waals surface area contributed by atoms with Gasteiger partial charge >= 0.3 is 0 Å². The number of unbranched alkanes of at least 4 members (excludes halogenated alkanes) is 31. The molecule has 0 aromatic heterocycles. The number of nitrogens with one attached hydrogen (secondary N) is 1. The van der Waals surface area contributed by atoms with Gasteiger partial charge in [0.2, 0.25) is 5.91 Å². The molecule has 0 aliphatic rings. The maximum absolute atomic E-state index is 12.5. The van der Waals surface area contributed by atoms with Crippen molar-refractivity contribution in [1.29, 1.82) is 0 Å². The fourth-order valence-electron chi connectivity index (χ4n) is 7.77. The van der Waals surface area contributed by atoms with Crippen molar-refractivity contribution in [3.05, 3.63) is 36.5 Å². The molecule has 0 aliphatic heterocycles. The molecule has 0 saturated heterocycles. The Labute approximate surface area is 360 Å². The van der Waals surface area contributed by atoms with Gasteiger partial charge in [0, 0.05) is 0 Å². The van der Waals surface area contributed by atoms with Crippen LogP contribution in [0.25, 0.3) is 0 Å². The summed E-state index contributed by atoms with van der Waals surface area (Å²) in [6, 6.07) is -1.01. The van der Waals surface area contributed by atoms with E-state index < -0.39 is 36.9 Å². The van der Waals surface area contributed by atoms with Crippen molar-refractivity contribution in [3.8, 4) is 0 Å². The predicted octanol–water partition coefficient (Wildman–Crippen LogP) is 14.1. The maximum atomic E-state index is 12.5. The van der Waals surface area contributed by atoms with Crippen molar-refractivity contribution in [3.63, 3.8) is 0 Å². The zero-order chi connectivity index (χ0) is 42.4. The van der Waals surface area contributed by atoms with E-state index in [0.717, 1.165) is 51.4 Å². The van der Waals surface area contributed by atoms with E-state index in [4.69, 9.17) is 0 Å². The Bertz CT molecular complexity index is 919. The molecule has 6 nitrogen and oxygen atoms in total. The standard InChI is InChI=1S/C52H99NO5/c1-3-5-7-9-11-13-15-17-19-21-23-24-25-26-28-29-31-33-35-37-39-41-43-45-49(55)51(57)48(47-54)53-52(58)50(56)46-44-42-40-38-36-34-32-30-27-22-20-18-16-14-12-10-8-6-4-2/h27,29-31,37,39,48-51,54-57H,3-26,28,32-36,38,40-47H2,1-2H3,(H,53,58)/b30-27-,31-29+,39-37+. The highest BCUT2D eigenvalue weighted by atomic mass is 16.3. The van der Waals surface area contributed by atoms with E-state index in [1.165, 1.54) is 173 Å². The second kappa shape index (κ2) is 46.6. The summed E-state index contributed by atoms with van der Waals surface area (Å²) in [5, 5.41) is 43.8. The molecule has 0 aromatic rings. The molecular formula is C52H99NO5. The number of carbonyl (C=O) groups excluding carboxylic acids is 1. The first kappa shape index (κ1) is 56.5. The minimum Gasteiger partial charge on any atom is -0.394 e. The Kier molecular flexibility index (Phi) is 45.4. The fraction of sp³-hybridized carbons (Fsp3) is 0.865. The topological polar surface area (TPSA) is 110 Å². The normalized spacial score (nSPS) is 14.2. The number of aliphatic hydroxyl groups is 4. The summed E-state index contributed by atoms with van der Waals surface area (Å²) in [4.78, 5) is 12.5. The van der Waals surface area contributed by atoms with Gasteiger partial charge in [-0.25, -0.2) is 0 Å². The van der Waals surface area contributed by atoms with Gasteiger partial charge in [-0.15, -0.1) is 0 Å². The number of hydrogen-bond donors (Lipinski definition) is 5. The van der Waals surface area contributed by atoms with E-state index in [2.05, 4.69) is 55.6 Å². The minimum atomic E-state index is -1.29. The Morgan fingerprint density at radius 2 is 0.724 bits per heavy atom. The van der Waals surface area contributed by atoms with Gasteiger partial charge < -0.3 is 25.7 Å². The van der Waals surface area contributed by atoms with Crippen molar-refractivity contribution in [2.24, 2.45) is 0 Å². The van der Waals surface area contributed by atoms with Crippen LogP contribution in [0.3, 0.4) is 0 Å². The van der Waals surface area contributed by atoms with E-state index in [1.54, 1.807) is 0 Å². The number of hydrogen-bond acceptors (Lipinski definition) is 5. The lowest BCUT2D eigenvalue weighted by atomic mass is 10.00. The second-order valence-corrected chi connectivity index (χ2v) is 17.5. The lowest BCUT2D eigenvalue weighted by Crippen LogP contribution is -2.53. The van der Waals surface area contributed by atoms with Crippen molar-refractivity contribution >= 4 is 5.91 Å². The molecule has 1 amide bonds. The third-order valence-electron chi connectivity index (χ3n) is 11.8. The van der Waals surface area contributed by atoms with Gasteiger partial charge in [-0.1, -0.05) is 217 Å². The van der Waals surface area contributed by atoms with Gasteiger partial charge in [-0.3, -0.25) is 4.79 Å². The molecule has 0 spiro atoms. The maximum Gasteiger partial charge on any atom is 0.249 e. The first-order valence-electron chi connectivity index (χ1n) is 25.4. The molecule has 4 unspecified atom stereocenters. The highest BCUT2D eigenvalue weighted by Gasteiger charge is 2.28.